The van der Waals surface area contributed by atoms with Crippen molar-refractivity contribution in [2.75, 3.05) is 19.8 Å². The number of hydrogen-bond acceptors (Lipinski definition) is 4. The molecule has 5 nitrogen and oxygen atoms in total. The number of rotatable bonds is 4. The first kappa shape index (κ1) is 22.3. The molecule has 2 atom stereocenters. The second-order valence-electron chi connectivity index (χ2n) is 10.00. The van der Waals surface area contributed by atoms with Crippen molar-refractivity contribution in [3.63, 3.8) is 0 Å². The molecule has 1 amide bonds. The van der Waals surface area contributed by atoms with Gasteiger partial charge in [-0.25, -0.2) is 9.18 Å². The van der Waals surface area contributed by atoms with E-state index >= 15 is 0 Å². The summed E-state index contributed by atoms with van der Waals surface area (Å²) in [5.41, 5.74) is 4.46. The van der Waals surface area contributed by atoms with Gasteiger partial charge in [0.25, 0.3) is 0 Å². The lowest BCUT2D eigenvalue weighted by Crippen LogP contribution is -2.64. The number of aliphatic hydroxyl groups is 1. The van der Waals surface area contributed by atoms with Gasteiger partial charge in [0.15, 0.2) is 0 Å². The van der Waals surface area contributed by atoms with E-state index in [1.54, 1.807) is 11.0 Å². The number of carbonyl (C=O) groups is 1. The minimum atomic E-state index is -1.02. The number of hydrogen-bond donors (Lipinski definition) is 1. The summed E-state index contributed by atoms with van der Waals surface area (Å²) in [6.45, 7) is 0.968. The predicted molar refractivity (Wildman–Crippen MR) is 130 cm³/mol. The highest BCUT2D eigenvalue weighted by Gasteiger charge is 2.48. The summed E-state index contributed by atoms with van der Waals surface area (Å²) in [7, 11) is 0. The molecule has 180 valence electrons. The maximum Gasteiger partial charge on any atom is 0.410 e. The first-order chi connectivity index (χ1) is 17.0. The predicted octanol–water partition coefficient (Wildman–Crippen LogP) is 4.91. The Morgan fingerprint density at radius 1 is 0.971 bits per heavy atom. The lowest BCUT2D eigenvalue weighted by atomic mass is 9.78. The van der Waals surface area contributed by atoms with Crippen molar-refractivity contribution in [1.82, 2.24) is 4.90 Å². The van der Waals surface area contributed by atoms with Crippen LogP contribution in [0.25, 0.3) is 11.1 Å². The molecule has 3 aromatic carbocycles. The van der Waals surface area contributed by atoms with Crippen LogP contribution in [-0.4, -0.2) is 53.6 Å². The Kier molecular flexibility index (Phi) is 5.58. The molecule has 2 unspecified atom stereocenters. The number of benzene rings is 3. The number of piperidine rings is 1. The normalized spacial score (nSPS) is 25.1. The van der Waals surface area contributed by atoms with Crippen LogP contribution in [0.1, 0.15) is 35.4 Å². The fourth-order valence-corrected chi connectivity index (χ4v) is 6.21. The fourth-order valence-electron chi connectivity index (χ4n) is 6.21. The molecule has 6 heteroatoms. The molecule has 1 N–H and O–H groups in total. The van der Waals surface area contributed by atoms with E-state index in [4.69, 9.17) is 9.47 Å². The van der Waals surface area contributed by atoms with E-state index in [1.165, 1.54) is 34.4 Å². The summed E-state index contributed by atoms with van der Waals surface area (Å²) in [4.78, 5) is 15.1. The van der Waals surface area contributed by atoms with Gasteiger partial charge in [0, 0.05) is 12.3 Å². The molecule has 0 radical (unpaired) electrons. The molecule has 2 aliphatic heterocycles. The van der Waals surface area contributed by atoms with Crippen molar-refractivity contribution in [1.29, 1.82) is 0 Å². The molecule has 2 saturated heterocycles. The Balaban J connectivity index is 1.17. The molecule has 35 heavy (non-hydrogen) atoms. The zero-order valence-corrected chi connectivity index (χ0v) is 19.4. The van der Waals surface area contributed by atoms with Gasteiger partial charge < -0.3 is 14.6 Å². The van der Waals surface area contributed by atoms with E-state index in [1.807, 2.05) is 30.3 Å². The number of ether oxygens (including phenoxy) is 2. The molecule has 6 rings (SSSR count). The average Bonchev–Trinajstić information content (AvgIpc) is 3.15. The summed E-state index contributed by atoms with van der Waals surface area (Å²) in [6, 6.07) is 22.3. The van der Waals surface area contributed by atoms with Crippen molar-refractivity contribution in [3.05, 3.63) is 95.3 Å². The van der Waals surface area contributed by atoms with Gasteiger partial charge in [-0.15, -0.1) is 0 Å². The molecule has 2 bridgehead atoms. The summed E-state index contributed by atoms with van der Waals surface area (Å²) in [6.07, 6.45) is 0.711. The average molecular weight is 474 g/mol. The molecule has 1 aliphatic carbocycles. The van der Waals surface area contributed by atoms with Gasteiger partial charge in [0.05, 0.1) is 30.9 Å². The Morgan fingerprint density at radius 2 is 1.60 bits per heavy atom. The maximum absolute atomic E-state index is 13.7. The minimum absolute atomic E-state index is 0.00265. The van der Waals surface area contributed by atoms with Crippen LogP contribution in [0.15, 0.2) is 72.8 Å². The van der Waals surface area contributed by atoms with Crippen LogP contribution in [0.4, 0.5) is 9.18 Å². The minimum Gasteiger partial charge on any atom is -0.448 e. The SMILES string of the molecule is O=C(OCC1c2ccccc2-c2ccccc21)N1C2COCC1CC(O)(Cc1cccc(F)c1)C2. The molecule has 2 heterocycles. The second kappa shape index (κ2) is 8.77. The standard InChI is InChI=1S/C29H28FNO4/c30-20-7-5-6-19(12-20)13-29(33)14-21-16-34-17-22(15-29)31(21)28(32)35-18-27-25-10-3-1-8-23(25)24-9-2-4-11-26(24)27/h1-12,21-22,27,33H,13-18H2. The lowest BCUT2D eigenvalue weighted by molar-refractivity contribution is -0.132. The summed E-state index contributed by atoms with van der Waals surface area (Å²) in [5, 5.41) is 11.4. The van der Waals surface area contributed by atoms with Crippen LogP contribution >= 0.6 is 0 Å². The number of halogens is 1. The quantitative estimate of drug-likeness (QED) is 0.585. The van der Waals surface area contributed by atoms with E-state index in [-0.39, 0.29) is 36.5 Å². The zero-order chi connectivity index (χ0) is 24.0. The number of carbonyl (C=O) groups excluding carboxylic acids is 1. The van der Waals surface area contributed by atoms with Crippen molar-refractivity contribution in [3.8, 4) is 11.1 Å². The van der Waals surface area contributed by atoms with Gasteiger partial charge >= 0.3 is 6.09 Å². The highest BCUT2D eigenvalue weighted by atomic mass is 19.1. The Bertz CT molecular complexity index is 1200. The molecule has 0 aromatic heterocycles. The number of fused-ring (bicyclic) bond motifs is 5. The van der Waals surface area contributed by atoms with Crippen molar-refractivity contribution >= 4 is 6.09 Å². The van der Waals surface area contributed by atoms with Gasteiger partial charge in [-0.2, -0.15) is 0 Å². The fraction of sp³-hybridized carbons (Fsp3) is 0.345. The van der Waals surface area contributed by atoms with E-state index < -0.39 is 5.60 Å². The van der Waals surface area contributed by atoms with E-state index in [0.29, 0.717) is 32.5 Å². The molecule has 0 saturated carbocycles. The maximum atomic E-state index is 13.7. The number of morpholine rings is 1. The second-order valence-corrected chi connectivity index (χ2v) is 10.00. The van der Waals surface area contributed by atoms with Crippen LogP contribution < -0.4 is 0 Å². The molecule has 3 aliphatic rings. The molecular formula is C29H28FNO4. The third kappa shape index (κ3) is 4.11. The van der Waals surface area contributed by atoms with Gasteiger partial charge in [-0.1, -0.05) is 60.7 Å². The Hall–Kier alpha value is -3.22. The zero-order valence-electron chi connectivity index (χ0n) is 19.4. The topological polar surface area (TPSA) is 59.0 Å². The van der Waals surface area contributed by atoms with Crippen LogP contribution in [0.5, 0.6) is 0 Å². The monoisotopic (exact) mass is 473 g/mol. The summed E-state index contributed by atoms with van der Waals surface area (Å²) in [5.74, 6) is -0.317. The molecule has 3 aromatic rings. The molecule has 2 fully saturated rings. The number of amides is 1. The van der Waals surface area contributed by atoms with Gasteiger partial charge in [-0.05, 0) is 52.8 Å². The van der Waals surface area contributed by atoms with E-state index in [0.717, 1.165) is 5.56 Å². The largest absolute Gasteiger partial charge is 0.448 e. The number of nitrogens with zero attached hydrogens (tertiary/aromatic N) is 1. The summed E-state index contributed by atoms with van der Waals surface area (Å²) < 4.78 is 25.3. The van der Waals surface area contributed by atoms with E-state index in [2.05, 4.69) is 24.3 Å². The third-order valence-corrected chi connectivity index (χ3v) is 7.61. The Morgan fingerprint density at radius 3 is 2.23 bits per heavy atom. The summed E-state index contributed by atoms with van der Waals surface area (Å²) >= 11 is 0. The molecular weight excluding hydrogens is 445 g/mol. The lowest BCUT2D eigenvalue weighted by Gasteiger charge is -2.51. The molecule has 0 spiro atoms. The first-order valence-corrected chi connectivity index (χ1v) is 12.2. The van der Waals surface area contributed by atoms with Crippen LogP contribution in [0, 0.1) is 5.82 Å². The van der Waals surface area contributed by atoms with Crippen LogP contribution in [-0.2, 0) is 15.9 Å². The van der Waals surface area contributed by atoms with Gasteiger partial charge in [-0.3, -0.25) is 4.90 Å². The van der Waals surface area contributed by atoms with Crippen molar-refractivity contribution in [2.45, 2.75) is 42.9 Å². The van der Waals surface area contributed by atoms with Crippen LogP contribution in [0.2, 0.25) is 0 Å². The van der Waals surface area contributed by atoms with Gasteiger partial charge in [0.1, 0.15) is 12.4 Å². The van der Waals surface area contributed by atoms with Gasteiger partial charge in [0.2, 0.25) is 0 Å². The highest BCUT2D eigenvalue weighted by Crippen LogP contribution is 2.45. The Labute approximate surface area is 204 Å². The smallest absolute Gasteiger partial charge is 0.410 e. The third-order valence-electron chi connectivity index (χ3n) is 7.61. The van der Waals surface area contributed by atoms with Crippen molar-refractivity contribution in [2.24, 2.45) is 0 Å². The highest BCUT2D eigenvalue weighted by molar-refractivity contribution is 5.79. The van der Waals surface area contributed by atoms with E-state index in [9.17, 15) is 14.3 Å². The van der Waals surface area contributed by atoms with Crippen molar-refractivity contribution < 1.29 is 23.8 Å². The van der Waals surface area contributed by atoms with Crippen LogP contribution in [0.3, 0.4) is 0 Å². The first-order valence-electron chi connectivity index (χ1n) is 12.2.